The monoisotopic (exact) mass is 406 g/mol. The van der Waals surface area contributed by atoms with Crippen LogP contribution in [0.15, 0.2) is 36.4 Å². The number of rotatable bonds is 5. The van der Waals surface area contributed by atoms with Crippen LogP contribution in [0.5, 0.6) is 5.75 Å². The summed E-state index contributed by atoms with van der Waals surface area (Å²) in [6, 6.07) is 9.40. The van der Waals surface area contributed by atoms with Crippen molar-refractivity contribution >= 4 is 23.2 Å². The van der Waals surface area contributed by atoms with E-state index < -0.39 is 0 Å². The normalized spacial score (nSPS) is 18.5. The van der Waals surface area contributed by atoms with Gasteiger partial charge in [-0.1, -0.05) is 23.7 Å². The number of nitrogens with zero attached hydrogens (tertiary/aromatic N) is 1. The Kier molecular flexibility index (Phi) is 6.54. The first-order chi connectivity index (χ1) is 13.4. The highest BCUT2D eigenvalue weighted by molar-refractivity contribution is 6.31. The fourth-order valence-corrected chi connectivity index (χ4v) is 3.39. The molecule has 2 aromatic carbocycles. The first-order valence-electron chi connectivity index (χ1n) is 9.15. The zero-order chi connectivity index (χ0) is 20.3. The molecule has 1 aliphatic heterocycles. The van der Waals surface area contributed by atoms with Gasteiger partial charge in [0.15, 0.2) is 0 Å². The van der Waals surface area contributed by atoms with Crippen molar-refractivity contribution in [3.8, 4) is 5.75 Å². The number of morpholine rings is 1. The van der Waals surface area contributed by atoms with Crippen molar-refractivity contribution in [1.29, 1.82) is 0 Å². The summed E-state index contributed by atoms with van der Waals surface area (Å²) < 4.78 is 24.3. The van der Waals surface area contributed by atoms with Crippen molar-refractivity contribution in [2.75, 3.05) is 32.1 Å². The molecule has 1 fully saturated rings. The van der Waals surface area contributed by atoms with E-state index in [4.69, 9.17) is 21.1 Å². The Morgan fingerprint density at radius 1 is 1.36 bits per heavy atom. The van der Waals surface area contributed by atoms with Gasteiger partial charge in [0.1, 0.15) is 11.6 Å². The van der Waals surface area contributed by atoms with Gasteiger partial charge in [-0.15, -0.1) is 0 Å². The van der Waals surface area contributed by atoms with Crippen molar-refractivity contribution in [1.82, 2.24) is 4.90 Å². The Bertz CT molecular complexity index is 844. The van der Waals surface area contributed by atoms with Crippen LogP contribution < -0.4 is 10.1 Å². The minimum absolute atomic E-state index is 0.139. The summed E-state index contributed by atoms with van der Waals surface area (Å²) in [6.07, 6.45) is -0.197. The first-order valence-corrected chi connectivity index (χ1v) is 9.53. The predicted octanol–water partition coefficient (Wildman–Crippen LogP) is 4.20. The number of nitrogens with one attached hydrogen (secondary N) is 1. The van der Waals surface area contributed by atoms with Crippen LogP contribution in [-0.2, 0) is 9.53 Å². The van der Waals surface area contributed by atoms with Crippen LogP contribution >= 0.6 is 11.6 Å². The highest BCUT2D eigenvalue weighted by atomic mass is 35.5. The second-order valence-corrected chi connectivity index (χ2v) is 7.28. The minimum Gasteiger partial charge on any atom is -0.495 e. The number of methoxy groups -OCH3 is 1. The summed E-state index contributed by atoms with van der Waals surface area (Å²) in [5.41, 5.74) is 2.34. The number of hydrogen-bond donors (Lipinski definition) is 1. The van der Waals surface area contributed by atoms with E-state index >= 15 is 0 Å². The standard InChI is InChI=1S/C21H24ClFN2O3/c1-13-10-18(19(27-3)11-17(13)22)24-21(26)14(2)25-8-9-28-20(12-25)15-4-6-16(23)7-5-15/h4-7,10-11,14,20H,8-9,12H2,1-3H3,(H,24,26). The predicted molar refractivity (Wildman–Crippen MR) is 107 cm³/mol. The minimum atomic E-state index is -0.368. The van der Waals surface area contributed by atoms with Crippen molar-refractivity contribution in [3.05, 3.63) is 58.4 Å². The molecule has 1 N–H and O–H groups in total. The molecule has 0 radical (unpaired) electrons. The molecule has 0 bridgehead atoms. The highest BCUT2D eigenvalue weighted by Crippen LogP contribution is 2.31. The number of benzene rings is 2. The third-order valence-corrected chi connectivity index (χ3v) is 5.41. The molecule has 7 heteroatoms. The summed E-state index contributed by atoms with van der Waals surface area (Å²) in [7, 11) is 1.54. The molecule has 0 spiro atoms. The van der Waals surface area contributed by atoms with E-state index in [-0.39, 0.29) is 23.9 Å². The fourth-order valence-electron chi connectivity index (χ4n) is 3.23. The van der Waals surface area contributed by atoms with Gasteiger partial charge >= 0.3 is 0 Å². The number of anilines is 1. The third kappa shape index (κ3) is 4.63. The fraction of sp³-hybridized carbons (Fsp3) is 0.381. The van der Waals surface area contributed by atoms with Crippen LogP contribution in [0.1, 0.15) is 24.2 Å². The largest absolute Gasteiger partial charge is 0.495 e. The number of amides is 1. The Morgan fingerprint density at radius 3 is 2.75 bits per heavy atom. The lowest BCUT2D eigenvalue weighted by Crippen LogP contribution is -2.48. The summed E-state index contributed by atoms with van der Waals surface area (Å²) in [5.74, 6) is 0.0958. The SMILES string of the molecule is COc1cc(Cl)c(C)cc1NC(=O)C(C)N1CCOC(c2ccc(F)cc2)C1. The zero-order valence-electron chi connectivity index (χ0n) is 16.2. The molecular weight excluding hydrogens is 383 g/mol. The lowest BCUT2D eigenvalue weighted by atomic mass is 10.1. The van der Waals surface area contributed by atoms with Crippen LogP contribution in [0.3, 0.4) is 0 Å². The highest BCUT2D eigenvalue weighted by Gasteiger charge is 2.29. The van der Waals surface area contributed by atoms with Crippen LogP contribution in [0.25, 0.3) is 0 Å². The Balaban J connectivity index is 1.69. The molecule has 0 aromatic heterocycles. The van der Waals surface area contributed by atoms with E-state index in [1.165, 1.54) is 19.2 Å². The summed E-state index contributed by atoms with van der Waals surface area (Å²) in [4.78, 5) is 14.9. The molecule has 5 nitrogen and oxygen atoms in total. The van der Waals surface area contributed by atoms with Gasteiger partial charge in [-0.05, 0) is 43.2 Å². The number of carbonyl (C=O) groups excluding carboxylic acids is 1. The quantitative estimate of drug-likeness (QED) is 0.808. The number of hydrogen-bond acceptors (Lipinski definition) is 4. The molecular formula is C21H24ClFN2O3. The van der Waals surface area contributed by atoms with E-state index in [0.29, 0.717) is 36.2 Å². The maximum atomic E-state index is 13.2. The van der Waals surface area contributed by atoms with Crippen LogP contribution in [0.4, 0.5) is 10.1 Å². The van der Waals surface area contributed by atoms with Gasteiger partial charge < -0.3 is 14.8 Å². The summed E-state index contributed by atoms with van der Waals surface area (Å²) in [5, 5.41) is 3.52. The van der Waals surface area contributed by atoms with Crippen molar-refractivity contribution < 1.29 is 18.7 Å². The van der Waals surface area contributed by atoms with Gasteiger partial charge in [-0.3, -0.25) is 9.69 Å². The van der Waals surface area contributed by atoms with Crippen molar-refractivity contribution in [2.24, 2.45) is 0 Å². The second-order valence-electron chi connectivity index (χ2n) is 6.87. The maximum absolute atomic E-state index is 13.2. The second kappa shape index (κ2) is 8.90. The summed E-state index contributed by atoms with van der Waals surface area (Å²) in [6.45, 7) is 5.43. The van der Waals surface area contributed by atoms with Gasteiger partial charge in [0, 0.05) is 24.2 Å². The van der Waals surface area contributed by atoms with Crippen molar-refractivity contribution in [3.63, 3.8) is 0 Å². The smallest absolute Gasteiger partial charge is 0.241 e. The molecule has 150 valence electrons. The van der Waals surface area contributed by atoms with Gasteiger partial charge in [-0.25, -0.2) is 4.39 Å². The van der Waals surface area contributed by atoms with E-state index in [0.717, 1.165) is 11.1 Å². The topological polar surface area (TPSA) is 50.8 Å². The lowest BCUT2D eigenvalue weighted by molar-refractivity contribution is -0.124. The lowest BCUT2D eigenvalue weighted by Gasteiger charge is -2.36. The molecule has 2 unspecified atom stereocenters. The molecule has 28 heavy (non-hydrogen) atoms. The van der Waals surface area contributed by atoms with Gasteiger partial charge in [-0.2, -0.15) is 0 Å². The average molecular weight is 407 g/mol. The Labute approximate surface area is 169 Å². The van der Waals surface area contributed by atoms with E-state index in [9.17, 15) is 9.18 Å². The number of ether oxygens (including phenoxy) is 2. The molecule has 1 saturated heterocycles. The molecule has 1 aliphatic rings. The Hall–Kier alpha value is -2.15. The molecule has 3 rings (SSSR count). The first kappa shape index (κ1) is 20.6. The number of halogens is 2. The molecule has 1 amide bonds. The van der Waals surface area contributed by atoms with Crippen LogP contribution in [0, 0.1) is 12.7 Å². The number of aryl methyl sites for hydroxylation is 1. The van der Waals surface area contributed by atoms with E-state index in [1.807, 2.05) is 13.8 Å². The molecule has 2 aromatic rings. The molecule has 2 atom stereocenters. The Morgan fingerprint density at radius 2 is 2.07 bits per heavy atom. The van der Waals surface area contributed by atoms with E-state index in [1.54, 1.807) is 24.3 Å². The van der Waals surface area contributed by atoms with Crippen LogP contribution in [0.2, 0.25) is 5.02 Å². The van der Waals surface area contributed by atoms with Crippen molar-refractivity contribution in [2.45, 2.75) is 26.0 Å². The molecule has 0 aliphatic carbocycles. The molecule has 1 heterocycles. The number of carbonyl (C=O) groups is 1. The van der Waals surface area contributed by atoms with Crippen LogP contribution in [-0.4, -0.2) is 43.7 Å². The third-order valence-electron chi connectivity index (χ3n) is 5.01. The maximum Gasteiger partial charge on any atom is 0.241 e. The zero-order valence-corrected chi connectivity index (χ0v) is 16.9. The summed E-state index contributed by atoms with van der Waals surface area (Å²) >= 11 is 6.13. The molecule has 0 saturated carbocycles. The van der Waals surface area contributed by atoms with Gasteiger partial charge in [0.2, 0.25) is 5.91 Å². The average Bonchev–Trinajstić information content (AvgIpc) is 2.70. The van der Waals surface area contributed by atoms with E-state index in [2.05, 4.69) is 10.2 Å². The van der Waals surface area contributed by atoms with Gasteiger partial charge in [0.05, 0.1) is 31.5 Å². The van der Waals surface area contributed by atoms with Gasteiger partial charge in [0.25, 0.3) is 0 Å².